The van der Waals surface area contributed by atoms with Gasteiger partial charge in [-0.05, 0) is 107 Å². The van der Waals surface area contributed by atoms with Crippen LogP contribution in [0.4, 0.5) is 34.1 Å². The smallest absolute Gasteiger partial charge is 0.871 e. The first-order valence-corrected chi connectivity index (χ1v) is 25.7. The summed E-state index contributed by atoms with van der Waals surface area (Å²) in [5.74, 6) is -1.91. The van der Waals surface area contributed by atoms with Gasteiger partial charge in [0.15, 0.2) is 5.75 Å². The summed E-state index contributed by atoms with van der Waals surface area (Å²) in [6.07, 6.45) is 0.920. The number of nitrogens with one attached hydrogen (secondary N) is 1. The summed E-state index contributed by atoms with van der Waals surface area (Å²) in [4.78, 5) is 16.1. The van der Waals surface area contributed by atoms with Crippen molar-refractivity contribution >= 4 is 149 Å². The Hall–Kier alpha value is -6.72. The van der Waals surface area contributed by atoms with Gasteiger partial charge in [-0.3, -0.25) is 18.9 Å². The second-order valence-electron chi connectivity index (χ2n) is 15.8. The predicted molar refractivity (Wildman–Crippen MR) is 285 cm³/mol. The third-order valence-electron chi connectivity index (χ3n) is 11.2. The molecule has 0 aromatic heterocycles. The number of aryl methyl sites for hydroxylation is 2. The minimum Gasteiger partial charge on any atom is -0.871 e. The Morgan fingerprint density at radius 2 is 1.05 bits per heavy atom. The normalized spacial score (nSPS) is 11.9. The van der Waals surface area contributed by atoms with Gasteiger partial charge in [0.05, 0.1) is 41.2 Å². The van der Waals surface area contributed by atoms with Crippen molar-refractivity contribution in [1.29, 1.82) is 0 Å². The fraction of sp³-hybridized carbons (Fsp3) is 0.115. The molecule has 8 rings (SSSR count). The molecule has 1 amide bonds. The van der Waals surface area contributed by atoms with E-state index >= 15 is 0 Å². The minimum atomic E-state index is -4.71. The van der Waals surface area contributed by atoms with Gasteiger partial charge < -0.3 is 30.1 Å². The molecular weight excluding hydrogens is 1080 g/mol. The molecular formula is C52H42CaCl2N6O12S2. The molecule has 0 aliphatic rings. The van der Waals surface area contributed by atoms with Crippen molar-refractivity contribution in [2.75, 3.05) is 19.5 Å². The Morgan fingerprint density at radius 1 is 0.613 bits per heavy atom. The van der Waals surface area contributed by atoms with Crippen molar-refractivity contribution in [1.82, 2.24) is 0 Å². The largest absolute Gasteiger partial charge is 2.00 e. The summed E-state index contributed by atoms with van der Waals surface area (Å²) in [6.45, 7) is 3.58. The summed E-state index contributed by atoms with van der Waals surface area (Å²) in [6, 6.07) is 35.3. The molecule has 23 heteroatoms. The maximum atomic E-state index is 13.4. The number of fused-ring (bicyclic) bond motifs is 2. The Balaban J connectivity index is 0.000000241. The number of aliphatic imine (C=N–C) groups is 1. The Kier molecular flexibility index (Phi) is 19.0. The van der Waals surface area contributed by atoms with Crippen LogP contribution in [0.2, 0.25) is 10.0 Å². The molecule has 18 nitrogen and oxygen atoms in total. The second-order valence-corrected chi connectivity index (χ2v) is 19.4. The maximum absolute atomic E-state index is 13.4. The van der Waals surface area contributed by atoms with E-state index in [9.17, 15) is 46.1 Å². The maximum Gasteiger partial charge on any atom is 2.00 e. The average molecular weight is 1120 g/mol. The third-order valence-corrected chi connectivity index (χ3v) is 13.5. The summed E-state index contributed by atoms with van der Waals surface area (Å²) in [5.41, 5.74) is 0.472. The summed E-state index contributed by atoms with van der Waals surface area (Å²) >= 11 is 12.5. The van der Waals surface area contributed by atoms with Crippen molar-refractivity contribution in [3.05, 3.63) is 166 Å². The van der Waals surface area contributed by atoms with Crippen LogP contribution in [-0.2, 0) is 33.1 Å². The first kappa shape index (κ1) is 57.6. The zero-order valence-electron chi connectivity index (χ0n) is 40.1. The Bertz CT molecular complexity index is 3830. The van der Waals surface area contributed by atoms with E-state index in [2.05, 4.69) is 30.8 Å². The number of azo groups is 2. The van der Waals surface area contributed by atoms with E-state index in [4.69, 9.17) is 32.7 Å². The van der Waals surface area contributed by atoms with E-state index < -0.39 is 53.3 Å². The number of rotatable bonds is 14. The van der Waals surface area contributed by atoms with Crippen LogP contribution in [0.25, 0.3) is 21.5 Å². The van der Waals surface area contributed by atoms with Crippen LogP contribution in [-0.4, -0.2) is 94.8 Å². The number of hydrogen-bond donors (Lipinski definition) is 4. The van der Waals surface area contributed by atoms with Gasteiger partial charge in [-0.2, -0.15) is 21.9 Å². The van der Waals surface area contributed by atoms with Gasteiger partial charge in [-0.25, -0.2) is 0 Å². The van der Waals surface area contributed by atoms with E-state index in [1.54, 1.807) is 111 Å². The SMILES string of the molecule is CCc1cc(Cl)c(N=Nc2c(O)c(C(=O)Nc3ccccc3OC)cc3ccccc23)c(S(=O)(=O)O)c1.CCc1cc(Cl)c(N=Nc2c([O-])c(C([O-])=Nc3ccccc3OC)cc3ccccc23)c(S(=O)(=O)O)c1.[Ca+2]. The van der Waals surface area contributed by atoms with Gasteiger partial charge in [-0.1, -0.05) is 116 Å². The number of phenols is 1. The van der Waals surface area contributed by atoms with Crippen LogP contribution >= 0.6 is 23.2 Å². The molecule has 0 fully saturated rings. The minimum absolute atomic E-state index is 0. The zero-order chi connectivity index (χ0) is 53.5. The standard InChI is InChI=1S/2C26H22ClN3O6S.Ca/c2*1-3-15-12-19(27)24(22(13-15)37(33,34)35)30-29-23-17-9-5-4-8-16(17)14-18(25(23)31)26(32)28-20-10-6-7-11-21(20)36-2;/h2*4-14,31H,3H2,1-2H3,(H,28,32)(H,33,34,35);/q;;+2/p-2. The Labute approximate surface area is 470 Å². The van der Waals surface area contributed by atoms with Gasteiger partial charge in [0.25, 0.3) is 26.1 Å². The second kappa shape index (κ2) is 24.7. The fourth-order valence-electron chi connectivity index (χ4n) is 7.44. The molecule has 0 aliphatic heterocycles. The first-order valence-electron chi connectivity index (χ1n) is 22.0. The number of amides is 1. The molecule has 380 valence electrons. The van der Waals surface area contributed by atoms with Crippen molar-refractivity contribution in [3.63, 3.8) is 0 Å². The number of aromatic hydroxyl groups is 1. The van der Waals surface area contributed by atoms with Crippen molar-refractivity contribution in [2.45, 2.75) is 36.5 Å². The molecule has 0 bridgehead atoms. The van der Waals surface area contributed by atoms with Crippen molar-refractivity contribution < 1.29 is 55.5 Å². The van der Waals surface area contributed by atoms with Crippen LogP contribution in [0, 0.1) is 0 Å². The van der Waals surface area contributed by atoms with E-state index in [1.807, 2.05) is 0 Å². The number of nitrogens with zero attached hydrogens (tertiary/aromatic N) is 5. The number of anilines is 1. The molecule has 0 heterocycles. The fourth-order valence-corrected chi connectivity index (χ4v) is 9.50. The molecule has 0 saturated heterocycles. The summed E-state index contributed by atoms with van der Waals surface area (Å²) in [7, 11) is -6.49. The van der Waals surface area contributed by atoms with Crippen LogP contribution in [0.3, 0.4) is 0 Å². The number of benzene rings is 8. The van der Waals surface area contributed by atoms with Gasteiger partial charge in [0.2, 0.25) is 0 Å². The van der Waals surface area contributed by atoms with E-state index in [0.29, 0.717) is 62.7 Å². The molecule has 75 heavy (non-hydrogen) atoms. The zero-order valence-corrected chi connectivity index (χ0v) is 45.5. The topological polar surface area (TPSA) is 284 Å². The first-order chi connectivity index (χ1) is 35.3. The number of hydrogen-bond acceptors (Lipinski definition) is 15. The van der Waals surface area contributed by atoms with E-state index in [0.717, 1.165) is 0 Å². The summed E-state index contributed by atoms with van der Waals surface area (Å²) < 4.78 is 78.0. The van der Waals surface area contributed by atoms with Crippen molar-refractivity contribution in [2.24, 2.45) is 25.4 Å². The summed E-state index contributed by atoms with van der Waals surface area (Å²) in [5, 5.41) is 58.0. The number of phenolic OH excluding ortho intramolecular Hbond substituents is 1. The van der Waals surface area contributed by atoms with E-state index in [-0.39, 0.29) is 87.3 Å². The number of carbonyl (C=O) groups excluding carboxylic acids is 1. The van der Waals surface area contributed by atoms with Crippen LogP contribution < -0.4 is 25.0 Å². The molecule has 4 N–H and O–H groups in total. The monoisotopic (exact) mass is 1120 g/mol. The molecule has 0 radical (unpaired) electrons. The van der Waals surface area contributed by atoms with Gasteiger partial charge in [0.1, 0.15) is 44.0 Å². The third kappa shape index (κ3) is 13.2. The molecule has 0 saturated carbocycles. The predicted octanol–water partition coefficient (Wildman–Crippen LogP) is 11.5. The van der Waals surface area contributed by atoms with Crippen LogP contribution in [0.1, 0.15) is 40.9 Å². The molecule has 8 aromatic rings. The number of para-hydroxylation sites is 4. The van der Waals surface area contributed by atoms with Gasteiger partial charge in [-0.15, -0.1) is 15.3 Å². The number of carbonyl (C=O) groups is 1. The van der Waals surface area contributed by atoms with Crippen molar-refractivity contribution in [3.8, 4) is 23.0 Å². The van der Waals surface area contributed by atoms with Crippen LogP contribution in [0.5, 0.6) is 23.0 Å². The number of halogens is 2. The average Bonchev–Trinajstić information content (AvgIpc) is 3.37. The number of ether oxygens (including phenoxy) is 2. The Morgan fingerprint density at radius 3 is 1.57 bits per heavy atom. The molecule has 0 atom stereocenters. The van der Waals surface area contributed by atoms with Crippen LogP contribution in [0.15, 0.2) is 169 Å². The van der Waals surface area contributed by atoms with Gasteiger partial charge in [0, 0.05) is 10.8 Å². The molecule has 8 aromatic carbocycles. The quantitative estimate of drug-likeness (QED) is 0.0260. The molecule has 0 aliphatic carbocycles. The molecule has 0 spiro atoms. The van der Waals surface area contributed by atoms with E-state index in [1.165, 1.54) is 50.6 Å². The molecule has 0 unspecified atom stereocenters. The van der Waals surface area contributed by atoms with Gasteiger partial charge >= 0.3 is 37.7 Å². The number of methoxy groups -OCH3 is 2.